The van der Waals surface area contributed by atoms with Gasteiger partial charge in [0.15, 0.2) is 0 Å². The Labute approximate surface area is 127 Å². The fourth-order valence-corrected chi connectivity index (χ4v) is 3.50. The van der Waals surface area contributed by atoms with Crippen LogP contribution in [0.15, 0.2) is 40.2 Å². The zero-order valence-corrected chi connectivity index (χ0v) is 12.9. The van der Waals surface area contributed by atoms with E-state index < -0.39 is 11.7 Å². The molecule has 0 saturated heterocycles. The van der Waals surface area contributed by atoms with Crippen molar-refractivity contribution in [1.29, 1.82) is 0 Å². The van der Waals surface area contributed by atoms with Gasteiger partial charge in [0.25, 0.3) is 0 Å². The Bertz CT molecular complexity index is 563. The van der Waals surface area contributed by atoms with Gasteiger partial charge in [-0.2, -0.15) is 13.2 Å². The van der Waals surface area contributed by atoms with Crippen molar-refractivity contribution in [3.63, 3.8) is 0 Å². The van der Waals surface area contributed by atoms with Gasteiger partial charge in [0, 0.05) is 10.9 Å². The van der Waals surface area contributed by atoms with E-state index in [4.69, 9.17) is 5.73 Å². The number of rotatable bonds is 4. The van der Waals surface area contributed by atoms with Crippen molar-refractivity contribution < 1.29 is 13.2 Å². The minimum Gasteiger partial charge on any atom is -0.327 e. The molecule has 0 aliphatic carbocycles. The third kappa shape index (κ3) is 4.33. The molecule has 1 unspecified atom stereocenters. The van der Waals surface area contributed by atoms with Gasteiger partial charge in [-0.25, -0.2) is 0 Å². The van der Waals surface area contributed by atoms with Gasteiger partial charge in [0.2, 0.25) is 0 Å². The molecule has 2 rings (SSSR count). The molecule has 0 aliphatic heterocycles. The van der Waals surface area contributed by atoms with Crippen molar-refractivity contribution in [2.75, 3.05) is 0 Å². The molecule has 1 atom stereocenters. The van der Waals surface area contributed by atoms with Gasteiger partial charge in [-0.15, -0.1) is 11.3 Å². The second-order valence-corrected chi connectivity index (χ2v) is 7.12. The summed E-state index contributed by atoms with van der Waals surface area (Å²) in [6.07, 6.45) is -3.01. The minimum absolute atomic E-state index is 0.0997. The van der Waals surface area contributed by atoms with Crippen LogP contribution in [0.25, 0.3) is 0 Å². The van der Waals surface area contributed by atoms with Crippen molar-refractivity contribution in [1.82, 2.24) is 0 Å². The van der Waals surface area contributed by atoms with Crippen LogP contribution in [0.1, 0.15) is 16.0 Å². The molecule has 1 heterocycles. The van der Waals surface area contributed by atoms with E-state index in [-0.39, 0.29) is 6.04 Å². The number of thiophene rings is 1. The van der Waals surface area contributed by atoms with Crippen LogP contribution in [0.2, 0.25) is 0 Å². The Morgan fingerprint density at radius 3 is 2.20 bits per heavy atom. The van der Waals surface area contributed by atoms with E-state index in [1.165, 1.54) is 12.1 Å². The lowest BCUT2D eigenvalue weighted by Crippen LogP contribution is -2.25. The summed E-state index contributed by atoms with van der Waals surface area (Å²) >= 11 is 5.01. The highest BCUT2D eigenvalue weighted by Gasteiger charge is 2.29. The number of halogens is 4. The zero-order chi connectivity index (χ0) is 14.8. The normalized spacial score (nSPS) is 13.4. The summed E-state index contributed by atoms with van der Waals surface area (Å²) < 4.78 is 38.4. The average molecular weight is 364 g/mol. The number of alkyl halides is 3. The van der Waals surface area contributed by atoms with E-state index in [9.17, 15) is 13.2 Å². The van der Waals surface area contributed by atoms with Gasteiger partial charge in [-0.05, 0) is 58.6 Å². The molecule has 1 aromatic carbocycles. The first-order chi connectivity index (χ1) is 9.34. The van der Waals surface area contributed by atoms with E-state index in [2.05, 4.69) is 15.9 Å². The van der Waals surface area contributed by atoms with Gasteiger partial charge in [-0.3, -0.25) is 0 Å². The maximum absolute atomic E-state index is 12.4. The lowest BCUT2D eigenvalue weighted by Gasteiger charge is -2.12. The molecule has 0 aliphatic rings. The first-order valence-electron chi connectivity index (χ1n) is 6.00. The number of hydrogen-bond donors (Lipinski definition) is 1. The minimum atomic E-state index is -4.29. The first kappa shape index (κ1) is 15.5. The highest BCUT2D eigenvalue weighted by atomic mass is 79.9. The maximum atomic E-state index is 12.4. The van der Waals surface area contributed by atoms with Crippen LogP contribution >= 0.6 is 27.3 Å². The van der Waals surface area contributed by atoms with Crippen LogP contribution < -0.4 is 5.73 Å². The van der Waals surface area contributed by atoms with Gasteiger partial charge in [0.1, 0.15) is 0 Å². The third-order valence-electron chi connectivity index (χ3n) is 2.87. The summed E-state index contributed by atoms with van der Waals surface area (Å²) in [4.78, 5) is 1.16. The first-order valence-corrected chi connectivity index (χ1v) is 7.61. The predicted molar refractivity (Wildman–Crippen MR) is 78.8 cm³/mol. The molecule has 20 heavy (non-hydrogen) atoms. The van der Waals surface area contributed by atoms with Gasteiger partial charge < -0.3 is 5.73 Å². The Morgan fingerprint density at radius 2 is 1.70 bits per heavy atom. The number of benzene rings is 1. The van der Waals surface area contributed by atoms with E-state index in [0.29, 0.717) is 6.42 Å². The Hall–Kier alpha value is -0.850. The molecule has 1 aromatic heterocycles. The number of hydrogen-bond acceptors (Lipinski definition) is 2. The smallest absolute Gasteiger partial charge is 0.327 e. The summed E-state index contributed by atoms with van der Waals surface area (Å²) in [6, 6.07) is 9.05. The van der Waals surface area contributed by atoms with Crippen LogP contribution in [-0.4, -0.2) is 6.04 Å². The third-order valence-corrected chi connectivity index (χ3v) is 4.52. The van der Waals surface area contributed by atoms with Gasteiger partial charge in [0.05, 0.1) is 9.35 Å². The molecule has 0 bridgehead atoms. The molecular formula is C14H13BrF3NS. The molecular weight excluding hydrogens is 351 g/mol. The molecule has 0 spiro atoms. The lowest BCUT2D eigenvalue weighted by molar-refractivity contribution is -0.137. The van der Waals surface area contributed by atoms with Crippen LogP contribution in [0.5, 0.6) is 0 Å². The second kappa shape index (κ2) is 6.28. The standard InChI is InChI=1S/C14H13BrF3NS/c15-13-6-5-12(20-13)8-11(19)7-9-1-3-10(4-2-9)14(16,17)18/h1-6,11H,7-8,19H2. The molecule has 108 valence electrons. The molecule has 0 amide bonds. The van der Waals surface area contributed by atoms with Crippen molar-refractivity contribution in [2.45, 2.75) is 25.1 Å². The molecule has 0 radical (unpaired) electrons. The quantitative estimate of drug-likeness (QED) is 0.840. The molecule has 6 heteroatoms. The van der Waals surface area contributed by atoms with Crippen molar-refractivity contribution >= 4 is 27.3 Å². The summed E-state index contributed by atoms with van der Waals surface area (Å²) in [6.45, 7) is 0. The summed E-state index contributed by atoms with van der Waals surface area (Å²) in [5.74, 6) is 0. The average Bonchev–Trinajstić information content (AvgIpc) is 2.74. The van der Waals surface area contributed by atoms with E-state index in [1.807, 2.05) is 12.1 Å². The van der Waals surface area contributed by atoms with Crippen LogP contribution in [0, 0.1) is 0 Å². The summed E-state index contributed by atoms with van der Waals surface area (Å²) in [5, 5.41) is 0. The van der Waals surface area contributed by atoms with Crippen molar-refractivity contribution in [3.8, 4) is 0 Å². The topological polar surface area (TPSA) is 26.0 Å². The largest absolute Gasteiger partial charge is 0.416 e. The van der Waals surface area contributed by atoms with Crippen LogP contribution in [-0.2, 0) is 19.0 Å². The summed E-state index contributed by atoms with van der Waals surface area (Å²) in [5.41, 5.74) is 6.23. The van der Waals surface area contributed by atoms with Gasteiger partial charge >= 0.3 is 6.18 Å². The maximum Gasteiger partial charge on any atom is 0.416 e. The SMILES string of the molecule is NC(Cc1ccc(C(F)(F)F)cc1)Cc1ccc(Br)s1. The fraction of sp³-hybridized carbons (Fsp3) is 0.286. The Kier molecular flexibility index (Phi) is 4.88. The predicted octanol–water partition coefficient (Wildman–Crippen LogP) is 4.64. The van der Waals surface area contributed by atoms with Crippen molar-refractivity contribution in [2.24, 2.45) is 5.73 Å². The van der Waals surface area contributed by atoms with Gasteiger partial charge in [-0.1, -0.05) is 12.1 Å². The highest BCUT2D eigenvalue weighted by Crippen LogP contribution is 2.29. The van der Waals surface area contributed by atoms with E-state index in [0.717, 1.165) is 32.8 Å². The molecule has 0 saturated carbocycles. The zero-order valence-electron chi connectivity index (χ0n) is 10.5. The Morgan fingerprint density at radius 1 is 1.05 bits per heavy atom. The van der Waals surface area contributed by atoms with E-state index >= 15 is 0 Å². The van der Waals surface area contributed by atoms with Crippen LogP contribution in [0.3, 0.4) is 0 Å². The van der Waals surface area contributed by atoms with Crippen LogP contribution in [0.4, 0.5) is 13.2 Å². The number of nitrogens with two attached hydrogens (primary N) is 1. The lowest BCUT2D eigenvalue weighted by atomic mass is 10.0. The molecule has 0 fully saturated rings. The monoisotopic (exact) mass is 363 g/mol. The van der Waals surface area contributed by atoms with E-state index in [1.54, 1.807) is 11.3 Å². The molecule has 2 aromatic rings. The fourth-order valence-electron chi connectivity index (χ4n) is 1.92. The second-order valence-electron chi connectivity index (χ2n) is 4.57. The molecule has 2 N–H and O–H groups in total. The summed E-state index contributed by atoms with van der Waals surface area (Å²) in [7, 11) is 0. The highest BCUT2D eigenvalue weighted by molar-refractivity contribution is 9.11. The van der Waals surface area contributed by atoms with Crippen molar-refractivity contribution in [3.05, 3.63) is 56.2 Å². The Balaban J connectivity index is 1.96. The molecule has 1 nitrogen and oxygen atoms in total.